The fourth-order valence-corrected chi connectivity index (χ4v) is 3.99. The summed E-state index contributed by atoms with van der Waals surface area (Å²) in [6.45, 7) is 3.95. The number of benzene rings is 3. The molecule has 0 aromatic heterocycles. The van der Waals surface area contributed by atoms with E-state index in [-0.39, 0.29) is 5.91 Å². The zero-order valence-corrected chi connectivity index (χ0v) is 21.8. The van der Waals surface area contributed by atoms with E-state index < -0.39 is 0 Å². The maximum absolute atomic E-state index is 11.5. The van der Waals surface area contributed by atoms with Gasteiger partial charge in [0.15, 0.2) is 0 Å². The molecule has 3 aromatic rings. The quantitative estimate of drug-likeness (QED) is 0.105. The highest BCUT2D eigenvalue weighted by atomic mass is 16.5. The maximum Gasteiger partial charge on any atom is 0.245 e. The molecule has 6 heteroatoms. The van der Waals surface area contributed by atoms with Gasteiger partial charge in [-0.15, -0.1) is 0 Å². The zero-order valence-electron chi connectivity index (χ0n) is 21.8. The summed E-state index contributed by atoms with van der Waals surface area (Å²) in [5.74, 6) is 0.761. The van der Waals surface area contributed by atoms with E-state index in [9.17, 15) is 4.79 Å². The molecule has 0 saturated carbocycles. The number of allylic oxidation sites excluding steroid dienone is 1. The molecule has 0 radical (unpaired) electrons. The van der Waals surface area contributed by atoms with Gasteiger partial charge in [-0.05, 0) is 58.5 Å². The highest BCUT2D eigenvalue weighted by Crippen LogP contribution is 2.35. The van der Waals surface area contributed by atoms with Crippen molar-refractivity contribution in [2.45, 2.75) is 13.3 Å². The normalized spacial score (nSPS) is 11.8. The van der Waals surface area contributed by atoms with Crippen molar-refractivity contribution in [1.82, 2.24) is 10.2 Å². The maximum atomic E-state index is 11.5. The van der Waals surface area contributed by atoms with Crippen LogP contribution in [0.4, 0.5) is 5.69 Å². The predicted octanol–water partition coefficient (Wildman–Crippen LogP) is 5.25. The molecule has 1 amide bonds. The molecular weight excluding hydrogens is 460 g/mol. The zero-order chi connectivity index (χ0) is 26.6. The number of ether oxygens (including phenoxy) is 1. The second-order valence-corrected chi connectivity index (χ2v) is 8.77. The van der Waals surface area contributed by atoms with E-state index in [2.05, 4.69) is 48.6 Å². The highest BCUT2D eigenvalue weighted by Gasteiger charge is 2.14. The lowest BCUT2D eigenvalue weighted by Crippen LogP contribution is -2.22. The number of nitrogen functional groups attached to an aromatic ring is 1. The fraction of sp³-hybridized carbons (Fsp3) is 0.226. The van der Waals surface area contributed by atoms with Crippen LogP contribution in [0, 0.1) is 5.41 Å². The number of carbonyl (C=O) groups is 1. The standard InChI is InChI=1S/C31H36N4O2/c1-4-28(23-9-6-5-7-10-23)31(25-14-17-29(33)26(21-25)22-32)24-12-15-27(16-13-24)37-20-19-34-18-8-11-30(36)35(2)3/h5-17,21-22,32,34H,4,18-20,33H2,1-3H3/b11-8+,31-28+,32-22?. The Balaban J connectivity index is 1.78. The van der Waals surface area contributed by atoms with Gasteiger partial charge in [-0.3, -0.25) is 4.79 Å². The Hall–Kier alpha value is -4.16. The van der Waals surface area contributed by atoms with Crippen LogP contribution < -0.4 is 15.8 Å². The lowest BCUT2D eigenvalue weighted by atomic mass is 9.87. The summed E-state index contributed by atoms with van der Waals surface area (Å²) >= 11 is 0. The molecule has 3 aromatic carbocycles. The minimum atomic E-state index is -0.0296. The Kier molecular flexibility index (Phi) is 10.2. The number of carbonyl (C=O) groups excluding carboxylic acids is 1. The molecule has 4 N–H and O–H groups in total. The topological polar surface area (TPSA) is 91.4 Å². The van der Waals surface area contributed by atoms with Crippen molar-refractivity contribution in [1.29, 1.82) is 5.41 Å². The molecule has 6 nitrogen and oxygen atoms in total. The summed E-state index contributed by atoms with van der Waals surface area (Å²) < 4.78 is 5.91. The average Bonchev–Trinajstić information content (AvgIpc) is 2.92. The Labute approximate surface area is 220 Å². The van der Waals surface area contributed by atoms with E-state index in [1.807, 2.05) is 42.5 Å². The number of nitrogens with zero attached hydrogens (tertiary/aromatic N) is 1. The second kappa shape index (κ2) is 13.8. The Bertz CT molecular complexity index is 1250. The lowest BCUT2D eigenvalue weighted by molar-refractivity contribution is -0.123. The molecule has 0 spiro atoms. The van der Waals surface area contributed by atoms with Gasteiger partial charge in [-0.25, -0.2) is 0 Å². The van der Waals surface area contributed by atoms with Crippen molar-refractivity contribution < 1.29 is 9.53 Å². The summed E-state index contributed by atoms with van der Waals surface area (Å²) in [7, 11) is 3.46. The van der Waals surface area contributed by atoms with Crippen LogP contribution in [-0.2, 0) is 4.79 Å². The summed E-state index contributed by atoms with van der Waals surface area (Å²) in [4.78, 5) is 13.1. The van der Waals surface area contributed by atoms with Crippen molar-refractivity contribution in [2.75, 3.05) is 39.5 Å². The van der Waals surface area contributed by atoms with Gasteiger partial charge in [0.1, 0.15) is 12.4 Å². The number of anilines is 1. The number of hydrogen-bond donors (Lipinski definition) is 3. The van der Waals surface area contributed by atoms with Gasteiger partial charge in [0, 0.05) is 50.7 Å². The van der Waals surface area contributed by atoms with Gasteiger partial charge in [0.2, 0.25) is 5.91 Å². The third kappa shape index (κ3) is 7.66. The molecule has 3 rings (SSSR count). The minimum absolute atomic E-state index is 0.0296. The molecule has 0 aliphatic heterocycles. The number of rotatable bonds is 12. The van der Waals surface area contributed by atoms with E-state index in [1.165, 1.54) is 22.3 Å². The molecule has 0 saturated heterocycles. The number of hydrogen-bond acceptors (Lipinski definition) is 5. The summed E-state index contributed by atoms with van der Waals surface area (Å²) in [6.07, 6.45) is 5.52. The van der Waals surface area contributed by atoms with Crippen molar-refractivity contribution in [3.05, 3.63) is 107 Å². The smallest absolute Gasteiger partial charge is 0.245 e. The molecule has 0 bridgehead atoms. The van der Waals surface area contributed by atoms with Crippen LogP contribution in [0.1, 0.15) is 35.6 Å². The van der Waals surface area contributed by atoms with Gasteiger partial charge < -0.3 is 26.1 Å². The number of nitrogens with two attached hydrogens (primary N) is 1. The van der Waals surface area contributed by atoms with Gasteiger partial charge in [-0.2, -0.15) is 0 Å². The molecule has 0 fully saturated rings. The van der Waals surface area contributed by atoms with Crippen LogP contribution in [0.15, 0.2) is 84.9 Å². The summed E-state index contributed by atoms with van der Waals surface area (Å²) in [6, 6.07) is 24.4. The Morgan fingerprint density at radius 3 is 2.35 bits per heavy atom. The fourth-order valence-electron chi connectivity index (χ4n) is 3.99. The van der Waals surface area contributed by atoms with Gasteiger partial charge >= 0.3 is 0 Å². The van der Waals surface area contributed by atoms with E-state index in [0.717, 1.165) is 28.9 Å². The third-order valence-corrected chi connectivity index (χ3v) is 5.96. The minimum Gasteiger partial charge on any atom is -0.492 e. The van der Waals surface area contributed by atoms with Crippen molar-refractivity contribution in [3.63, 3.8) is 0 Å². The number of nitrogens with one attached hydrogen (secondary N) is 2. The SMILES string of the molecule is CC/C(=C(/c1ccc(OCCNC/C=C/C(=O)N(C)C)cc1)c1ccc(N)c(C=N)c1)c1ccccc1. The van der Waals surface area contributed by atoms with Crippen LogP contribution in [0.3, 0.4) is 0 Å². The van der Waals surface area contributed by atoms with Crippen LogP contribution >= 0.6 is 0 Å². The first-order valence-corrected chi connectivity index (χ1v) is 12.4. The molecule has 192 valence electrons. The van der Waals surface area contributed by atoms with Crippen LogP contribution in [0.2, 0.25) is 0 Å². The monoisotopic (exact) mass is 496 g/mol. The Morgan fingerprint density at radius 2 is 1.70 bits per heavy atom. The molecule has 0 aliphatic carbocycles. The molecule has 37 heavy (non-hydrogen) atoms. The number of likely N-dealkylation sites (N-methyl/N-ethyl adjacent to an activating group) is 1. The summed E-state index contributed by atoms with van der Waals surface area (Å²) in [5, 5.41) is 11.0. The van der Waals surface area contributed by atoms with Gasteiger partial charge in [0.25, 0.3) is 0 Å². The average molecular weight is 497 g/mol. The number of amides is 1. The molecule has 0 atom stereocenters. The first-order valence-electron chi connectivity index (χ1n) is 12.4. The molecule has 0 aliphatic rings. The van der Waals surface area contributed by atoms with Crippen LogP contribution in [-0.4, -0.2) is 50.8 Å². The van der Waals surface area contributed by atoms with Gasteiger partial charge in [0.05, 0.1) is 0 Å². The van der Waals surface area contributed by atoms with E-state index in [0.29, 0.717) is 30.9 Å². The van der Waals surface area contributed by atoms with E-state index >= 15 is 0 Å². The molecule has 0 heterocycles. The molecule has 0 unspecified atom stereocenters. The predicted molar refractivity (Wildman–Crippen MR) is 154 cm³/mol. The van der Waals surface area contributed by atoms with Crippen LogP contribution in [0.5, 0.6) is 5.75 Å². The van der Waals surface area contributed by atoms with Crippen LogP contribution in [0.25, 0.3) is 11.1 Å². The third-order valence-electron chi connectivity index (χ3n) is 5.96. The van der Waals surface area contributed by atoms with Crippen molar-refractivity contribution in [3.8, 4) is 5.75 Å². The van der Waals surface area contributed by atoms with Crippen molar-refractivity contribution in [2.24, 2.45) is 0 Å². The van der Waals surface area contributed by atoms with Gasteiger partial charge in [-0.1, -0.05) is 61.5 Å². The lowest BCUT2D eigenvalue weighted by Gasteiger charge is -2.18. The first kappa shape index (κ1) is 27.4. The molecular formula is C31H36N4O2. The Morgan fingerprint density at radius 1 is 1.00 bits per heavy atom. The largest absolute Gasteiger partial charge is 0.492 e. The second-order valence-electron chi connectivity index (χ2n) is 8.77. The van der Waals surface area contributed by atoms with E-state index in [4.69, 9.17) is 15.9 Å². The van der Waals surface area contributed by atoms with Crippen molar-refractivity contribution >= 4 is 29.0 Å². The van der Waals surface area contributed by atoms with E-state index in [1.54, 1.807) is 20.2 Å². The first-order chi connectivity index (χ1) is 17.9. The summed E-state index contributed by atoms with van der Waals surface area (Å²) in [5.41, 5.74) is 13.0. The highest BCUT2D eigenvalue weighted by molar-refractivity contribution is 6.00.